The highest BCUT2D eigenvalue weighted by Gasteiger charge is 2.54. The molecule has 0 saturated carbocycles. The first kappa shape index (κ1) is 28.1. The number of β-lactam (4-membered cyclic amide) rings is 1. The fraction of sp³-hybridized carbons (Fsp3) is 0.333. The summed E-state index contributed by atoms with van der Waals surface area (Å²) in [5.41, 5.74) is 11.4. The Morgan fingerprint density at radius 2 is 2.10 bits per heavy atom. The van der Waals surface area contributed by atoms with E-state index in [1.54, 1.807) is 23.9 Å². The minimum Gasteiger partial charge on any atom is -0.478 e. The number of thiazole rings is 1. The number of nitrogen functional groups attached to an aromatic ring is 2. The fourth-order valence-corrected chi connectivity index (χ4v) is 6.55. The average molecular weight is 596 g/mol. The lowest BCUT2D eigenvalue weighted by Crippen LogP contribution is -2.71. The molecule has 2 aliphatic rings. The summed E-state index contributed by atoms with van der Waals surface area (Å²) >= 11 is 3.60. The maximum atomic E-state index is 13.1. The molecule has 0 spiro atoms. The molecular weight excluding hydrogens is 572 g/mol. The van der Waals surface area contributed by atoms with Crippen LogP contribution in [0.15, 0.2) is 39.2 Å². The highest BCUT2D eigenvalue weighted by Crippen LogP contribution is 2.41. The first-order valence-corrected chi connectivity index (χ1v) is 14.0. The van der Waals surface area contributed by atoms with Gasteiger partial charge in [0, 0.05) is 23.0 Å². The second-order valence-electron chi connectivity index (χ2n) is 8.25. The molecule has 206 valence electrons. The number of carbonyl (C=O) groups excluding carboxylic acids is 2. The molecule has 15 nitrogen and oxygen atoms in total. The van der Waals surface area contributed by atoms with Gasteiger partial charge in [0.25, 0.3) is 11.8 Å². The SMILES string of the molecule is C[C@@H](O/N=C(\C(=O)NC1C(=O)N2C(C(=O)O)=C(CSc3nc(N)cc[n+]3C)CS[C@H]12)c1csc(N)n1)C(=O)O. The largest absolute Gasteiger partial charge is 0.478 e. The number of oxime groups is 1. The number of carboxylic acid groups (broad SMARTS) is 2. The minimum atomic E-state index is -1.36. The summed E-state index contributed by atoms with van der Waals surface area (Å²) in [6.07, 6.45) is 0.377. The molecule has 2 aliphatic heterocycles. The van der Waals surface area contributed by atoms with Gasteiger partial charge in [-0.3, -0.25) is 14.5 Å². The number of hydrogen-bond donors (Lipinski definition) is 5. The van der Waals surface area contributed by atoms with Crippen molar-refractivity contribution in [2.75, 3.05) is 23.0 Å². The van der Waals surface area contributed by atoms with Crippen molar-refractivity contribution in [3.8, 4) is 0 Å². The van der Waals surface area contributed by atoms with Crippen LogP contribution in [0, 0.1) is 0 Å². The molecule has 0 aliphatic carbocycles. The van der Waals surface area contributed by atoms with Crippen LogP contribution in [0.2, 0.25) is 0 Å². The average Bonchev–Trinajstić information content (AvgIpc) is 3.32. The van der Waals surface area contributed by atoms with E-state index in [1.807, 2.05) is 0 Å². The zero-order valence-corrected chi connectivity index (χ0v) is 22.9. The zero-order chi connectivity index (χ0) is 28.4. The van der Waals surface area contributed by atoms with E-state index in [-0.39, 0.29) is 28.0 Å². The van der Waals surface area contributed by atoms with Crippen molar-refractivity contribution in [3.63, 3.8) is 0 Å². The van der Waals surface area contributed by atoms with Crippen molar-refractivity contribution in [2.24, 2.45) is 12.2 Å². The number of aromatic nitrogens is 3. The van der Waals surface area contributed by atoms with Crippen LogP contribution in [0.1, 0.15) is 12.6 Å². The Morgan fingerprint density at radius 1 is 1.36 bits per heavy atom. The maximum absolute atomic E-state index is 13.1. The highest BCUT2D eigenvalue weighted by molar-refractivity contribution is 8.01. The van der Waals surface area contributed by atoms with E-state index in [0.717, 1.165) is 16.2 Å². The Morgan fingerprint density at radius 3 is 2.74 bits per heavy atom. The number of hydrogen-bond acceptors (Lipinski definition) is 13. The lowest BCUT2D eigenvalue weighted by molar-refractivity contribution is -0.713. The molecule has 39 heavy (non-hydrogen) atoms. The molecule has 0 bridgehead atoms. The number of amides is 2. The van der Waals surface area contributed by atoms with E-state index in [4.69, 9.17) is 21.4 Å². The number of aryl methyl sites for hydroxylation is 1. The smallest absolute Gasteiger partial charge is 0.361 e. The second-order valence-corrected chi connectivity index (χ2v) is 11.2. The molecule has 18 heteroatoms. The molecule has 4 rings (SSSR count). The topological polar surface area (TPSA) is 227 Å². The van der Waals surface area contributed by atoms with Crippen molar-refractivity contribution in [2.45, 2.75) is 29.6 Å². The summed E-state index contributed by atoms with van der Waals surface area (Å²) in [6.45, 7) is 1.22. The Kier molecular flexibility index (Phi) is 8.26. The first-order valence-electron chi connectivity index (χ1n) is 11.1. The van der Waals surface area contributed by atoms with Gasteiger partial charge in [0.2, 0.25) is 11.9 Å². The standard InChI is InChI=1S/C21H22N8O7S3/c1-8(18(32)33)36-27-12(10-7-38-20(23)24-10)15(30)26-13-16(31)29-14(19(34)35)9(5-37-17(13)29)6-39-21-25-11(22)3-4-28(21)2/h3-4,7-8,13,17,22H,5-6H2,1-2H3,(H5,23,24,26,30,32,33,34,35)/p+1/b27-12-/t8-,13?,17-/m1/s1. The quantitative estimate of drug-likeness (QED) is 0.0570. The number of rotatable bonds is 10. The Bertz CT molecular complexity index is 1410. The first-order chi connectivity index (χ1) is 18.5. The van der Waals surface area contributed by atoms with E-state index in [9.17, 15) is 24.3 Å². The maximum Gasteiger partial charge on any atom is 0.361 e. The number of aliphatic carboxylic acids is 2. The highest BCUT2D eigenvalue weighted by atomic mass is 32.2. The van der Waals surface area contributed by atoms with Gasteiger partial charge in [-0.05, 0) is 29.2 Å². The fourth-order valence-electron chi connectivity index (χ4n) is 3.55. The Labute approximate surface area is 233 Å². The third-order valence-corrected chi connectivity index (χ3v) is 8.68. The minimum absolute atomic E-state index is 0.0290. The molecule has 3 atom stereocenters. The summed E-state index contributed by atoms with van der Waals surface area (Å²) < 4.78 is 1.75. The predicted molar refractivity (Wildman–Crippen MR) is 141 cm³/mol. The van der Waals surface area contributed by atoms with E-state index in [1.165, 1.54) is 35.8 Å². The van der Waals surface area contributed by atoms with E-state index in [2.05, 4.69) is 20.4 Å². The molecule has 1 fully saturated rings. The van der Waals surface area contributed by atoms with Crippen molar-refractivity contribution in [1.29, 1.82) is 0 Å². The van der Waals surface area contributed by atoms with Gasteiger partial charge < -0.3 is 31.8 Å². The van der Waals surface area contributed by atoms with Crippen molar-refractivity contribution in [3.05, 3.63) is 34.6 Å². The molecule has 2 aromatic heterocycles. The van der Waals surface area contributed by atoms with Crippen LogP contribution in [0.5, 0.6) is 0 Å². The van der Waals surface area contributed by atoms with Crippen LogP contribution < -0.4 is 21.4 Å². The lowest BCUT2D eigenvalue weighted by Gasteiger charge is -2.49. The van der Waals surface area contributed by atoms with Gasteiger partial charge >= 0.3 is 17.1 Å². The molecule has 7 N–H and O–H groups in total. The van der Waals surface area contributed by atoms with Gasteiger partial charge in [-0.1, -0.05) is 5.16 Å². The lowest BCUT2D eigenvalue weighted by atomic mass is 10.0. The van der Waals surface area contributed by atoms with Crippen LogP contribution in [-0.4, -0.2) is 83.6 Å². The summed E-state index contributed by atoms with van der Waals surface area (Å²) in [5.74, 6) is -3.18. The molecule has 2 aromatic rings. The Balaban J connectivity index is 1.51. The van der Waals surface area contributed by atoms with Crippen molar-refractivity contribution >= 4 is 75.3 Å². The molecule has 0 radical (unpaired) electrons. The summed E-state index contributed by atoms with van der Waals surface area (Å²) in [6, 6.07) is 0.580. The van der Waals surface area contributed by atoms with E-state index in [0.29, 0.717) is 22.3 Å². The second kappa shape index (κ2) is 11.5. The normalized spacial score (nSPS) is 19.7. The third kappa shape index (κ3) is 5.91. The van der Waals surface area contributed by atoms with Gasteiger partial charge in [0.05, 0.1) is 13.2 Å². The molecule has 1 saturated heterocycles. The van der Waals surface area contributed by atoms with Crippen LogP contribution >= 0.6 is 34.9 Å². The molecule has 1 unspecified atom stereocenters. The van der Waals surface area contributed by atoms with Crippen LogP contribution in [0.3, 0.4) is 0 Å². The van der Waals surface area contributed by atoms with Gasteiger partial charge in [0.1, 0.15) is 22.8 Å². The number of nitrogens with one attached hydrogen (secondary N) is 1. The number of nitrogens with zero attached hydrogens (tertiary/aromatic N) is 5. The van der Waals surface area contributed by atoms with Gasteiger partial charge in [-0.2, -0.15) is 0 Å². The summed E-state index contributed by atoms with van der Waals surface area (Å²) in [4.78, 5) is 63.7. The van der Waals surface area contributed by atoms with Gasteiger partial charge in [-0.25, -0.2) is 19.1 Å². The van der Waals surface area contributed by atoms with Crippen molar-refractivity contribution in [1.82, 2.24) is 20.2 Å². The van der Waals surface area contributed by atoms with Crippen LogP contribution in [0.25, 0.3) is 0 Å². The molecule has 2 amide bonds. The van der Waals surface area contributed by atoms with E-state index >= 15 is 0 Å². The van der Waals surface area contributed by atoms with Crippen molar-refractivity contribution < 1.29 is 38.8 Å². The number of thioether (sulfide) groups is 2. The van der Waals surface area contributed by atoms with Gasteiger partial charge in [0.15, 0.2) is 10.8 Å². The zero-order valence-electron chi connectivity index (χ0n) is 20.4. The third-order valence-electron chi connectivity index (χ3n) is 5.54. The number of carboxylic acids is 2. The Hall–Kier alpha value is -3.90. The van der Waals surface area contributed by atoms with Crippen LogP contribution in [-0.2, 0) is 31.1 Å². The summed E-state index contributed by atoms with van der Waals surface area (Å²) in [5, 5.41) is 26.6. The monoisotopic (exact) mass is 595 g/mol. The van der Waals surface area contributed by atoms with Gasteiger partial charge in [-0.15, -0.1) is 23.1 Å². The predicted octanol–water partition coefficient (Wildman–Crippen LogP) is -0.748. The molecule has 4 heterocycles. The molecule has 0 aromatic carbocycles. The van der Waals surface area contributed by atoms with Crippen LogP contribution in [0.4, 0.5) is 10.9 Å². The molecular formula is C21H23N8O7S3+. The van der Waals surface area contributed by atoms with E-state index < -0.39 is 41.3 Å². The number of anilines is 2. The number of carbonyl (C=O) groups is 4. The number of fused-ring (bicyclic) bond motifs is 1. The number of nitrogens with two attached hydrogens (primary N) is 2. The summed E-state index contributed by atoms with van der Waals surface area (Å²) in [7, 11) is 1.78.